The Bertz CT molecular complexity index is 298. The smallest absolute Gasteiger partial charge is 0.138 e. The van der Waals surface area contributed by atoms with Crippen LogP contribution in [0.1, 0.15) is 42.8 Å². The monoisotopic (exact) mass is 208 g/mol. The normalized spacial score (nSPS) is 12.7. The van der Waals surface area contributed by atoms with Gasteiger partial charge in [0.15, 0.2) is 0 Å². The van der Waals surface area contributed by atoms with Gasteiger partial charge in [-0.05, 0) is 40.2 Å². The zero-order valence-electron chi connectivity index (χ0n) is 9.84. The molecule has 1 atom stereocenters. The van der Waals surface area contributed by atoms with E-state index in [0.717, 1.165) is 30.8 Å². The molecule has 1 N–H and O–H groups in total. The molecule has 1 rings (SSSR count). The maximum atomic E-state index is 5.14. The number of allylic oxidation sites excluding steroid dienone is 1. The Kier molecular flexibility index (Phi) is 4.56. The molecule has 0 bridgehead atoms. The molecule has 1 aromatic heterocycles. The Hall–Kier alpha value is -1.09. The minimum absolute atomic E-state index is 0.307. The van der Waals surface area contributed by atoms with Crippen LogP contribution in [0.4, 0.5) is 0 Å². The fraction of sp³-hybridized carbons (Fsp3) is 0.583. The van der Waals surface area contributed by atoms with Gasteiger partial charge in [-0.3, -0.25) is 0 Å². The van der Waals surface area contributed by atoms with E-state index in [4.69, 9.17) is 4.52 Å². The first-order chi connectivity index (χ1) is 7.16. The summed E-state index contributed by atoms with van der Waals surface area (Å²) in [5.41, 5.74) is 2.17. The van der Waals surface area contributed by atoms with E-state index in [1.54, 1.807) is 0 Å². The largest absolute Gasteiger partial charge is 0.361 e. The summed E-state index contributed by atoms with van der Waals surface area (Å²) in [6, 6.07) is 0.307. The highest BCUT2D eigenvalue weighted by Crippen LogP contribution is 2.20. The first-order valence-electron chi connectivity index (χ1n) is 5.44. The van der Waals surface area contributed by atoms with Gasteiger partial charge in [0.25, 0.3) is 0 Å². The Morgan fingerprint density at radius 1 is 1.53 bits per heavy atom. The van der Waals surface area contributed by atoms with Crippen LogP contribution in [-0.4, -0.2) is 11.7 Å². The Morgan fingerprint density at radius 3 is 2.80 bits per heavy atom. The van der Waals surface area contributed by atoms with E-state index in [1.807, 2.05) is 19.9 Å². The quantitative estimate of drug-likeness (QED) is 0.577. The van der Waals surface area contributed by atoms with Crippen molar-refractivity contribution in [1.29, 1.82) is 0 Å². The number of rotatable bonds is 6. The van der Waals surface area contributed by atoms with Crippen LogP contribution in [0.5, 0.6) is 0 Å². The first-order valence-corrected chi connectivity index (χ1v) is 5.44. The van der Waals surface area contributed by atoms with Crippen molar-refractivity contribution >= 4 is 0 Å². The van der Waals surface area contributed by atoms with E-state index < -0.39 is 0 Å². The second-order valence-corrected chi connectivity index (χ2v) is 3.84. The van der Waals surface area contributed by atoms with E-state index in [0.29, 0.717) is 6.04 Å². The minimum atomic E-state index is 0.307. The predicted molar refractivity (Wildman–Crippen MR) is 61.8 cm³/mol. The molecule has 1 aromatic rings. The van der Waals surface area contributed by atoms with Gasteiger partial charge in [0.1, 0.15) is 5.76 Å². The topological polar surface area (TPSA) is 38.1 Å². The van der Waals surface area contributed by atoms with Gasteiger partial charge in [0.2, 0.25) is 0 Å². The third-order valence-electron chi connectivity index (χ3n) is 2.56. The van der Waals surface area contributed by atoms with Crippen LogP contribution in [0, 0.1) is 13.8 Å². The molecule has 0 fully saturated rings. The van der Waals surface area contributed by atoms with Crippen LogP contribution in [0.2, 0.25) is 0 Å². The molecule has 0 saturated heterocycles. The van der Waals surface area contributed by atoms with Crippen molar-refractivity contribution in [3.05, 3.63) is 29.7 Å². The van der Waals surface area contributed by atoms with Crippen molar-refractivity contribution in [1.82, 2.24) is 10.5 Å². The van der Waals surface area contributed by atoms with Gasteiger partial charge in [0, 0.05) is 11.6 Å². The molecule has 0 amide bonds. The maximum absolute atomic E-state index is 5.14. The number of hydrogen-bond donors (Lipinski definition) is 1. The zero-order chi connectivity index (χ0) is 11.3. The summed E-state index contributed by atoms with van der Waals surface area (Å²) in [7, 11) is 0. The van der Waals surface area contributed by atoms with Crippen molar-refractivity contribution in [3.63, 3.8) is 0 Å². The van der Waals surface area contributed by atoms with E-state index in [1.165, 1.54) is 5.56 Å². The van der Waals surface area contributed by atoms with Crippen molar-refractivity contribution in [2.75, 3.05) is 6.54 Å². The molecular formula is C12H20N2O. The third-order valence-corrected chi connectivity index (χ3v) is 2.56. The van der Waals surface area contributed by atoms with Crippen LogP contribution in [0.25, 0.3) is 0 Å². The van der Waals surface area contributed by atoms with E-state index in [9.17, 15) is 0 Å². The van der Waals surface area contributed by atoms with Crippen LogP contribution >= 0.6 is 0 Å². The van der Waals surface area contributed by atoms with Crippen molar-refractivity contribution in [2.24, 2.45) is 0 Å². The molecule has 0 aliphatic rings. The van der Waals surface area contributed by atoms with Crippen molar-refractivity contribution in [2.45, 2.75) is 39.7 Å². The number of aryl methyl sites for hydroxylation is 2. The SMILES string of the molecule is C=CCCCNC(C)c1c(C)noc1C. The summed E-state index contributed by atoms with van der Waals surface area (Å²) in [6.45, 7) is 10.8. The van der Waals surface area contributed by atoms with E-state index in [-0.39, 0.29) is 0 Å². The summed E-state index contributed by atoms with van der Waals surface area (Å²) < 4.78 is 5.14. The van der Waals surface area contributed by atoms with Gasteiger partial charge in [-0.2, -0.15) is 0 Å². The highest BCUT2D eigenvalue weighted by atomic mass is 16.5. The van der Waals surface area contributed by atoms with Gasteiger partial charge >= 0.3 is 0 Å². The zero-order valence-corrected chi connectivity index (χ0v) is 9.84. The van der Waals surface area contributed by atoms with Gasteiger partial charge < -0.3 is 9.84 Å². The third kappa shape index (κ3) is 3.20. The predicted octanol–water partition coefficient (Wildman–Crippen LogP) is 2.91. The number of aromatic nitrogens is 1. The molecule has 1 unspecified atom stereocenters. The molecule has 84 valence electrons. The summed E-state index contributed by atoms with van der Waals surface area (Å²) in [6.07, 6.45) is 4.13. The molecule has 0 aromatic carbocycles. The molecule has 0 aliphatic carbocycles. The fourth-order valence-corrected chi connectivity index (χ4v) is 1.78. The molecule has 0 aliphatic heterocycles. The summed E-state index contributed by atoms with van der Waals surface area (Å²) in [5.74, 6) is 0.913. The molecule has 3 heteroatoms. The van der Waals surface area contributed by atoms with Crippen molar-refractivity contribution < 1.29 is 4.52 Å². The highest BCUT2D eigenvalue weighted by Gasteiger charge is 2.15. The Balaban J connectivity index is 2.46. The van der Waals surface area contributed by atoms with Crippen LogP contribution in [-0.2, 0) is 0 Å². The lowest BCUT2D eigenvalue weighted by Crippen LogP contribution is -2.20. The number of hydrogen-bond acceptors (Lipinski definition) is 3. The van der Waals surface area contributed by atoms with Gasteiger partial charge in [-0.1, -0.05) is 11.2 Å². The molecule has 0 spiro atoms. The average molecular weight is 208 g/mol. The molecular weight excluding hydrogens is 188 g/mol. The Labute approximate surface area is 91.5 Å². The standard InChI is InChI=1S/C12H20N2O/c1-5-6-7-8-13-9(2)12-10(3)14-15-11(12)4/h5,9,13H,1,6-8H2,2-4H3. The summed E-state index contributed by atoms with van der Waals surface area (Å²) in [4.78, 5) is 0. The maximum Gasteiger partial charge on any atom is 0.138 e. The summed E-state index contributed by atoms with van der Waals surface area (Å²) >= 11 is 0. The average Bonchev–Trinajstić information content (AvgIpc) is 2.53. The molecule has 0 radical (unpaired) electrons. The minimum Gasteiger partial charge on any atom is -0.361 e. The molecule has 0 saturated carbocycles. The first kappa shape index (κ1) is 12.0. The number of unbranched alkanes of at least 4 members (excludes halogenated alkanes) is 1. The summed E-state index contributed by atoms with van der Waals surface area (Å²) in [5, 5.41) is 7.40. The van der Waals surface area contributed by atoms with Crippen LogP contribution in [0.3, 0.4) is 0 Å². The lowest BCUT2D eigenvalue weighted by molar-refractivity contribution is 0.390. The number of nitrogens with zero attached hydrogens (tertiary/aromatic N) is 1. The van der Waals surface area contributed by atoms with Gasteiger partial charge in [-0.25, -0.2) is 0 Å². The fourth-order valence-electron chi connectivity index (χ4n) is 1.78. The Morgan fingerprint density at radius 2 is 2.27 bits per heavy atom. The lowest BCUT2D eigenvalue weighted by atomic mass is 10.1. The van der Waals surface area contributed by atoms with Gasteiger partial charge in [0.05, 0.1) is 5.69 Å². The molecule has 1 heterocycles. The van der Waals surface area contributed by atoms with E-state index >= 15 is 0 Å². The van der Waals surface area contributed by atoms with Crippen molar-refractivity contribution in [3.8, 4) is 0 Å². The second kappa shape index (κ2) is 5.71. The lowest BCUT2D eigenvalue weighted by Gasteiger charge is -2.12. The second-order valence-electron chi connectivity index (χ2n) is 3.84. The number of nitrogens with one attached hydrogen (secondary N) is 1. The highest BCUT2D eigenvalue weighted by molar-refractivity contribution is 5.24. The molecule has 3 nitrogen and oxygen atoms in total. The van der Waals surface area contributed by atoms with E-state index in [2.05, 4.69) is 24.0 Å². The van der Waals surface area contributed by atoms with Crippen LogP contribution in [0.15, 0.2) is 17.2 Å². The molecule has 15 heavy (non-hydrogen) atoms. The van der Waals surface area contributed by atoms with Crippen LogP contribution < -0.4 is 5.32 Å². The van der Waals surface area contributed by atoms with Gasteiger partial charge in [-0.15, -0.1) is 6.58 Å².